The number of carbonyl (C=O) groups excluding carboxylic acids is 1. The molecule has 0 saturated heterocycles. The zero-order valence-corrected chi connectivity index (χ0v) is 23.3. The second-order valence-electron chi connectivity index (χ2n) is 11.3. The highest BCUT2D eigenvalue weighted by molar-refractivity contribution is 6.14. The Morgan fingerprint density at radius 3 is 1.10 bits per heavy atom. The van der Waals surface area contributed by atoms with E-state index >= 15 is 0 Å². The van der Waals surface area contributed by atoms with Crippen LogP contribution in [0.5, 0.6) is 0 Å². The molecule has 7 rings (SSSR count). The lowest BCUT2D eigenvalue weighted by molar-refractivity contribution is 0.103. The molecular formula is C40H30O. The van der Waals surface area contributed by atoms with Gasteiger partial charge in [0.2, 0.25) is 0 Å². The van der Waals surface area contributed by atoms with Crippen molar-refractivity contribution in [3.63, 3.8) is 0 Å². The second kappa shape index (κ2) is 9.87. The van der Waals surface area contributed by atoms with Gasteiger partial charge in [0.15, 0.2) is 5.78 Å². The maximum absolute atomic E-state index is 14.3. The minimum atomic E-state index is -0.298. The summed E-state index contributed by atoms with van der Waals surface area (Å²) in [5, 5.41) is 0. The molecule has 0 unspecified atom stereocenters. The van der Waals surface area contributed by atoms with E-state index in [4.69, 9.17) is 0 Å². The van der Waals surface area contributed by atoms with Crippen LogP contribution in [0.2, 0.25) is 0 Å². The third-order valence-corrected chi connectivity index (χ3v) is 8.52. The van der Waals surface area contributed by atoms with E-state index in [9.17, 15) is 4.79 Å². The van der Waals surface area contributed by atoms with Crippen molar-refractivity contribution in [3.05, 3.63) is 168 Å². The fourth-order valence-corrected chi connectivity index (χ4v) is 6.39. The van der Waals surface area contributed by atoms with Gasteiger partial charge in [-0.3, -0.25) is 4.79 Å². The summed E-state index contributed by atoms with van der Waals surface area (Å²) in [7, 11) is 0. The maximum Gasteiger partial charge on any atom is 0.193 e. The first-order chi connectivity index (χ1) is 20.0. The summed E-state index contributed by atoms with van der Waals surface area (Å²) in [6.45, 7) is 4.46. The summed E-state index contributed by atoms with van der Waals surface area (Å²) < 4.78 is 0. The summed E-state index contributed by atoms with van der Waals surface area (Å²) in [5.74, 6) is 0.0902. The Kier molecular flexibility index (Phi) is 6.02. The molecule has 0 fully saturated rings. The van der Waals surface area contributed by atoms with E-state index in [0.29, 0.717) is 0 Å². The molecule has 0 saturated carbocycles. The number of rotatable bonds is 4. The van der Waals surface area contributed by atoms with Gasteiger partial charge in [-0.15, -0.1) is 0 Å². The maximum atomic E-state index is 14.3. The lowest BCUT2D eigenvalue weighted by Gasteiger charge is -2.35. The van der Waals surface area contributed by atoms with Crippen molar-refractivity contribution in [2.75, 3.05) is 0 Å². The minimum absolute atomic E-state index is 0.0902. The molecule has 0 atom stereocenters. The van der Waals surface area contributed by atoms with Crippen LogP contribution in [0, 0.1) is 0 Å². The molecule has 6 aromatic carbocycles. The lowest BCUT2D eigenvalue weighted by atomic mass is 9.67. The van der Waals surface area contributed by atoms with Crippen LogP contribution in [-0.4, -0.2) is 5.78 Å². The van der Waals surface area contributed by atoms with Crippen molar-refractivity contribution in [2.24, 2.45) is 0 Å². The van der Waals surface area contributed by atoms with Gasteiger partial charge in [0.1, 0.15) is 0 Å². The number of benzene rings is 6. The quantitative estimate of drug-likeness (QED) is 0.223. The molecule has 0 N–H and O–H groups in total. The Morgan fingerprint density at radius 2 is 0.707 bits per heavy atom. The van der Waals surface area contributed by atoms with Gasteiger partial charge in [-0.05, 0) is 67.8 Å². The molecule has 41 heavy (non-hydrogen) atoms. The van der Waals surface area contributed by atoms with Crippen LogP contribution < -0.4 is 0 Å². The van der Waals surface area contributed by atoms with Gasteiger partial charge < -0.3 is 0 Å². The monoisotopic (exact) mass is 526 g/mol. The molecule has 0 aromatic heterocycles. The van der Waals surface area contributed by atoms with Crippen LogP contribution >= 0.6 is 0 Å². The molecule has 0 amide bonds. The molecule has 1 aliphatic carbocycles. The highest BCUT2D eigenvalue weighted by Gasteiger charge is 2.37. The summed E-state index contributed by atoms with van der Waals surface area (Å²) in [4.78, 5) is 14.3. The first-order valence-electron chi connectivity index (χ1n) is 14.2. The summed E-state index contributed by atoms with van der Waals surface area (Å²) in [6.07, 6.45) is 0. The first kappa shape index (κ1) is 25.0. The van der Waals surface area contributed by atoms with Gasteiger partial charge in [0.25, 0.3) is 0 Å². The van der Waals surface area contributed by atoms with Crippen molar-refractivity contribution in [3.8, 4) is 44.5 Å². The molecule has 1 heteroatoms. The molecule has 0 heterocycles. The van der Waals surface area contributed by atoms with E-state index in [1.54, 1.807) is 0 Å². The molecular weight excluding hydrogens is 496 g/mol. The Labute approximate surface area is 241 Å². The Balaban J connectivity index is 1.35. The van der Waals surface area contributed by atoms with E-state index in [1.165, 1.54) is 11.1 Å². The predicted molar refractivity (Wildman–Crippen MR) is 170 cm³/mol. The number of carbonyl (C=O) groups is 1. The number of ketones is 1. The fourth-order valence-electron chi connectivity index (χ4n) is 6.39. The van der Waals surface area contributed by atoms with Crippen molar-refractivity contribution in [1.82, 2.24) is 0 Å². The van der Waals surface area contributed by atoms with Gasteiger partial charge in [0.05, 0.1) is 0 Å². The Hall–Kier alpha value is -5.01. The molecule has 0 bridgehead atoms. The van der Waals surface area contributed by atoms with Gasteiger partial charge in [-0.25, -0.2) is 0 Å². The van der Waals surface area contributed by atoms with Crippen LogP contribution in [0.15, 0.2) is 146 Å². The number of fused-ring (bicyclic) bond motifs is 2. The second-order valence-corrected chi connectivity index (χ2v) is 11.3. The highest BCUT2D eigenvalue weighted by atomic mass is 16.1. The SMILES string of the molecule is CC1(C)c2ccc(-c3ccccc3-c3ccccc3)cc2C(=O)c2cc(-c3ccccc3-c3ccccc3)ccc21. The van der Waals surface area contributed by atoms with Gasteiger partial charge in [0, 0.05) is 16.5 Å². The van der Waals surface area contributed by atoms with Crippen molar-refractivity contribution >= 4 is 5.78 Å². The van der Waals surface area contributed by atoms with Gasteiger partial charge in [-0.1, -0.05) is 147 Å². The van der Waals surface area contributed by atoms with E-state index in [-0.39, 0.29) is 11.2 Å². The predicted octanol–water partition coefficient (Wildman–Crippen LogP) is 10.2. The van der Waals surface area contributed by atoms with E-state index in [1.807, 2.05) is 12.1 Å². The van der Waals surface area contributed by atoms with E-state index in [0.717, 1.165) is 55.6 Å². The minimum Gasteiger partial charge on any atom is -0.289 e. The Morgan fingerprint density at radius 1 is 0.366 bits per heavy atom. The molecule has 1 nitrogen and oxygen atoms in total. The van der Waals surface area contributed by atoms with Crippen molar-refractivity contribution in [1.29, 1.82) is 0 Å². The largest absolute Gasteiger partial charge is 0.289 e. The zero-order chi connectivity index (χ0) is 28.0. The average molecular weight is 527 g/mol. The van der Waals surface area contributed by atoms with Crippen LogP contribution in [0.3, 0.4) is 0 Å². The number of hydrogen-bond acceptors (Lipinski definition) is 1. The van der Waals surface area contributed by atoms with Crippen molar-refractivity contribution in [2.45, 2.75) is 19.3 Å². The van der Waals surface area contributed by atoms with E-state index < -0.39 is 0 Å². The van der Waals surface area contributed by atoms with Gasteiger partial charge >= 0.3 is 0 Å². The topological polar surface area (TPSA) is 17.1 Å². The number of hydrogen-bond donors (Lipinski definition) is 0. The Bertz CT molecular complexity index is 1770. The molecule has 0 aliphatic heterocycles. The smallest absolute Gasteiger partial charge is 0.193 e. The lowest BCUT2D eigenvalue weighted by Crippen LogP contribution is -2.30. The molecule has 196 valence electrons. The van der Waals surface area contributed by atoms with E-state index in [2.05, 4.69) is 147 Å². The summed E-state index contributed by atoms with van der Waals surface area (Å²) in [5.41, 5.74) is 12.5. The molecule has 0 radical (unpaired) electrons. The van der Waals surface area contributed by atoms with Gasteiger partial charge in [-0.2, -0.15) is 0 Å². The van der Waals surface area contributed by atoms with Crippen LogP contribution in [0.25, 0.3) is 44.5 Å². The zero-order valence-electron chi connectivity index (χ0n) is 23.3. The summed E-state index contributed by atoms with van der Waals surface area (Å²) in [6, 6.07) is 50.6. The molecule has 6 aromatic rings. The first-order valence-corrected chi connectivity index (χ1v) is 14.2. The highest BCUT2D eigenvalue weighted by Crippen LogP contribution is 2.45. The normalized spacial score (nSPS) is 13.4. The fraction of sp³-hybridized carbons (Fsp3) is 0.0750. The standard InChI is InChI=1S/C40H30O/c1-40(2)37-23-21-29(33-19-11-9-17-31(33)27-13-5-3-6-14-27)25-35(37)39(41)36-26-30(22-24-38(36)40)34-20-12-10-18-32(34)28-15-7-4-8-16-28/h3-26H,1-2H3. The average Bonchev–Trinajstić information content (AvgIpc) is 3.04. The van der Waals surface area contributed by atoms with Crippen LogP contribution in [-0.2, 0) is 5.41 Å². The van der Waals surface area contributed by atoms with Crippen molar-refractivity contribution < 1.29 is 4.79 Å². The van der Waals surface area contributed by atoms with Crippen LogP contribution in [0.1, 0.15) is 40.9 Å². The third-order valence-electron chi connectivity index (χ3n) is 8.52. The van der Waals surface area contributed by atoms with Crippen LogP contribution in [0.4, 0.5) is 0 Å². The molecule has 0 spiro atoms. The summed E-state index contributed by atoms with van der Waals surface area (Å²) >= 11 is 0. The molecule has 1 aliphatic rings. The third kappa shape index (κ3) is 4.22.